The lowest BCUT2D eigenvalue weighted by Crippen LogP contribution is -2.31. The smallest absolute Gasteiger partial charge is 0.225 e. The summed E-state index contributed by atoms with van der Waals surface area (Å²) in [5.74, 6) is -0.160. The van der Waals surface area contributed by atoms with Gasteiger partial charge in [-0.1, -0.05) is 25.1 Å². The van der Waals surface area contributed by atoms with Gasteiger partial charge < -0.3 is 14.6 Å². The van der Waals surface area contributed by atoms with Gasteiger partial charge in [-0.25, -0.2) is 4.98 Å². The molecule has 1 N–H and O–H groups in total. The van der Waals surface area contributed by atoms with Gasteiger partial charge >= 0.3 is 0 Å². The summed E-state index contributed by atoms with van der Waals surface area (Å²) >= 11 is 0. The lowest BCUT2D eigenvalue weighted by molar-refractivity contribution is -0.126. The average molecular weight is 273 g/mol. The Kier molecular flexibility index (Phi) is 4.90. The largest absolute Gasteiger partial charge is 0.384 e. The fourth-order valence-corrected chi connectivity index (χ4v) is 2.00. The molecule has 1 heterocycles. The number of methoxy groups -OCH3 is 1. The number of rotatable bonds is 6. The van der Waals surface area contributed by atoms with Crippen LogP contribution in [0.2, 0.25) is 0 Å². The van der Waals surface area contributed by atoms with Crippen molar-refractivity contribution < 1.29 is 9.53 Å². The van der Waals surface area contributed by atoms with Crippen LogP contribution in [0.5, 0.6) is 0 Å². The van der Waals surface area contributed by atoms with Crippen molar-refractivity contribution in [3.8, 4) is 5.69 Å². The molecule has 0 saturated heterocycles. The lowest BCUT2D eigenvalue weighted by Gasteiger charge is -2.14. The number of hydrogen-bond acceptors (Lipinski definition) is 3. The van der Waals surface area contributed by atoms with E-state index in [1.54, 1.807) is 19.6 Å². The van der Waals surface area contributed by atoms with Crippen LogP contribution in [0, 0.1) is 5.92 Å². The zero-order valence-corrected chi connectivity index (χ0v) is 11.7. The Hall–Kier alpha value is -2.14. The molecule has 1 atom stereocenters. The predicted octanol–water partition coefficient (Wildman–Crippen LogP) is 1.77. The van der Waals surface area contributed by atoms with Crippen LogP contribution in [-0.4, -0.2) is 29.2 Å². The van der Waals surface area contributed by atoms with Crippen molar-refractivity contribution in [2.45, 2.75) is 13.5 Å². The van der Waals surface area contributed by atoms with Gasteiger partial charge in [0, 0.05) is 26.0 Å². The quantitative estimate of drug-likeness (QED) is 0.872. The topological polar surface area (TPSA) is 56.1 Å². The fourth-order valence-electron chi connectivity index (χ4n) is 2.00. The molecule has 5 heteroatoms. The maximum atomic E-state index is 11.9. The van der Waals surface area contributed by atoms with Gasteiger partial charge in [0.2, 0.25) is 5.91 Å². The highest BCUT2D eigenvalue weighted by atomic mass is 16.5. The molecule has 0 aliphatic heterocycles. The number of carbonyl (C=O) groups is 1. The Morgan fingerprint density at radius 3 is 2.95 bits per heavy atom. The van der Waals surface area contributed by atoms with Crippen LogP contribution in [-0.2, 0) is 16.1 Å². The maximum absolute atomic E-state index is 11.9. The van der Waals surface area contributed by atoms with Crippen molar-refractivity contribution in [1.29, 1.82) is 0 Å². The summed E-state index contributed by atoms with van der Waals surface area (Å²) in [6.45, 7) is 2.76. The van der Waals surface area contributed by atoms with E-state index in [1.807, 2.05) is 42.0 Å². The Morgan fingerprint density at radius 2 is 2.25 bits per heavy atom. The molecule has 0 aliphatic carbocycles. The number of aromatic nitrogens is 2. The van der Waals surface area contributed by atoms with Crippen molar-refractivity contribution in [2.24, 2.45) is 5.92 Å². The molecule has 2 rings (SSSR count). The molecule has 0 aliphatic rings. The van der Waals surface area contributed by atoms with Crippen LogP contribution in [0.4, 0.5) is 0 Å². The number of nitrogens with one attached hydrogen (secondary N) is 1. The number of hydrogen-bond donors (Lipinski definition) is 1. The van der Waals surface area contributed by atoms with Gasteiger partial charge in [-0.05, 0) is 11.6 Å². The second-order valence-corrected chi connectivity index (χ2v) is 4.67. The summed E-state index contributed by atoms with van der Waals surface area (Å²) in [6.07, 6.45) is 5.36. The molecule has 0 radical (unpaired) electrons. The zero-order chi connectivity index (χ0) is 14.4. The van der Waals surface area contributed by atoms with E-state index in [9.17, 15) is 4.79 Å². The molecular weight excluding hydrogens is 254 g/mol. The van der Waals surface area contributed by atoms with Crippen molar-refractivity contribution in [3.63, 3.8) is 0 Å². The first-order valence-electron chi connectivity index (χ1n) is 6.55. The minimum atomic E-state index is -0.152. The average Bonchev–Trinajstić information content (AvgIpc) is 2.99. The number of carbonyl (C=O) groups excluding carboxylic acids is 1. The van der Waals surface area contributed by atoms with E-state index in [0.29, 0.717) is 13.2 Å². The van der Waals surface area contributed by atoms with E-state index in [4.69, 9.17) is 4.74 Å². The van der Waals surface area contributed by atoms with Gasteiger partial charge in [0.05, 0.1) is 24.5 Å². The standard InChI is InChI=1S/C15H19N3O2/c1-12(10-20-2)15(19)17-9-13-5-3-4-6-14(13)18-8-7-16-11-18/h3-8,11-12H,9-10H2,1-2H3,(H,17,19). The molecular formula is C15H19N3O2. The molecule has 2 aromatic rings. The summed E-state index contributed by atoms with van der Waals surface area (Å²) < 4.78 is 6.92. The van der Waals surface area contributed by atoms with E-state index < -0.39 is 0 Å². The molecule has 0 fully saturated rings. The first kappa shape index (κ1) is 14.3. The lowest BCUT2D eigenvalue weighted by atomic mass is 10.1. The molecule has 0 saturated carbocycles. The van der Waals surface area contributed by atoms with E-state index in [2.05, 4.69) is 10.3 Å². The van der Waals surface area contributed by atoms with Crippen molar-refractivity contribution in [3.05, 3.63) is 48.5 Å². The Labute approximate surface area is 118 Å². The molecule has 1 unspecified atom stereocenters. The van der Waals surface area contributed by atoms with E-state index in [0.717, 1.165) is 11.3 Å². The minimum absolute atomic E-state index is 0.00714. The molecule has 5 nitrogen and oxygen atoms in total. The molecule has 20 heavy (non-hydrogen) atoms. The Bertz CT molecular complexity index is 552. The third kappa shape index (κ3) is 3.45. The Balaban J connectivity index is 2.05. The first-order chi connectivity index (χ1) is 9.72. The van der Waals surface area contributed by atoms with E-state index in [-0.39, 0.29) is 11.8 Å². The zero-order valence-electron chi connectivity index (χ0n) is 11.7. The summed E-state index contributed by atoms with van der Waals surface area (Å²) in [5.41, 5.74) is 2.06. The van der Waals surface area contributed by atoms with Gasteiger partial charge in [-0.2, -0.15) is 0 Å². The molecule has 1 amide bonds. The SMILES string of the molecule is COCC(C)C(=O)NCc1ccccc1-n1ccnc1. The maximum Gasteiger partial charge on any atom is 0.225 e. The van der Waals surface area contributed by atoms with Crippen LogP contribution in [0.1, 0.15) is 12.5 Å². The highest BCUT2D eigenvalue weighted by molar-refractivity contribution is 5.78. The minimum Gasteiger partial charge on any atom is -0.384 e. The van der Waals surface area contributed by atoms with Gasteiger partial charge in [0.15, 0.2) is 0 Å². The summed E-state index contributed by atoms with van der Waals surface area (Å²) in [7, 11) is 1.60. The Morgan fingerprint density at radius 1 is 1.45 bits per heavy atom. The van der Waals surface area contributed by atoms with Gasteiger partial charge in [0.1, 0.15) is 0 Å². The first-order valence-corrected chi connectivity index (χ1v) is 6.55. The number of benzene rings is 1. The van der Waals surface area contributed by atoms with Crippen LogP contribution >= 0.6 is 0 Å². The normalized spacial score (nSPS) is 12.1. The molecule has 0 bridgehead atoms. The van der Waals surface area contributed by atoms with E-state index >= 15 is 0 Å². The van der Waals surface area contributed by atoms with Crippen LogP contribution in [0.3, 0.4) is 0 Å². The highest BCUT2D eigenvalue weighted by Crippen LogP contribution is 2.14. The molecule has 0 spiro atoms. The number of para-hydroxylation sites is 1. The number of nitrogens with zero attached hydrogens (tertiary/aromatic N) is 2. The van der Waals surface area contributed by atoms with Crippen molar-refractivity contribution >= 4 is 5.91 Å². The highest BCUT2D eigenvalue weighted by Gasteiger charge is 2.12. The van der Waals surface area contributed by atoms with Crippen molar-refractivity contribution in [2.75, 3.05) is 13.7 Å². The van der Waals surface area contributed by atoms with Crippen LogP contribution in [0.15, 0.2) is 43.0 Å². The third-order valence-electron chi connectivity index (χ3n) is 3.09. The van der Waals surface area contributed by atoms with Gasteiger partial charge in [-0.15, -0.1) is 0 Å². The van der Waals surface area contributed by atoms with E-state index in [1.165, 1.54) is 0 Å². The summed E-state index contributed by atoms with van der Waals surface area (Å²) in [5, 5.41) is 2.93. The number of ether oxygens (including phenoxy) is 1. The number of amides is 1. The second-order valence-electron chi connectivity index (χ2n) is 4.67. The molecule has 1 aromatic heterocycles. The second kappa shape index (κ2) is 6.86. The van der Waals surface area contributed by atoms with Crippen molar-refractivity contribution in [1.82, 2.24) is 14.9 Å². The molecule has 1 aromatic carbocycles. The van der Waals surface area contributed by atoms with Crippen LogP contribution in [0.25, 0.3) is 5.69 Å². The van der Waals surface area contributed by atoms with Crippen LogP contribution < -0.4 is 5.32 Å². The molecule has 106 valence electrons. The summed E-state index contributed by atoms with van der Waals surface area (Å²) in [6, 6.07) is 7.92. The van der Waals surface area contributed by atoms with Gasteiger partial charge in [-0.3, -0.25) is 4.79 Å². The van der Waals surface area contributed by atoms with Gasteiger partial charge in [0.25, 0.3) is 0 Å². The predicted molar refractivity (Wildman–Crippen MR) is 76.5 cm³/mol. The third-order valence-corrected chi connectivity index (χ3v) is 3.09. The summed E-state index contributed by atoms with van der Waals surface area (Å²) in [4.78, 5) is 15.9. The fraction of sp³-hybridized carbons (Fsp3) is 0.333. The monoisotopic (exact) mass is 273 g/mol. The number of imidazole rings is 1.